The fourth-order valence-corrected chi connectivity index (χ4v) is 3.47. The van der Waals surface area contributed by atoms with Crippen molar-refractivity contribution in [3.8, 4) is 0 Å². The van der Waals surface area contributed by atoms with Crippen molar-refractivity contribution in [1.29, 1.82) is 0 Å². The van der Waals surface area contributed by atoms with Crippen molar-refractivity contribution in [3.05, 3.63) is 70.9 Å². The molecule has 0 saturated carbocycles. The summed E-state index contributed by atoms with van der Waals surface area (Å²) in [7, 11) is -4.10. The van der Waals surface area contributed by atoms with Crippen LogP contribution in [0.1, 0.15) is 0 Å². The smallest absolute Gasteiger partial charge is 0.279 e. The van der Waals surface area contributed by atoms with Crippen molar-refractivity contribution in [2.24, 2.45) is 0 Å². The van der Waals surface area contributed by atoms with Crippen LogP contribution in [-0.2, 0) is 10.0 Å². The van der Waals surface area contributed by atoms with E-state index in [2.05, 4.69) is 9.71 Å². The van der Waals surface area contributed by atoms with Gasteiger partial charge in [0.2, 0.25) is 0 Å². The fraction of sp³-hybridized carbons (Fsp3) is 0. The van der Waals surface area contributed by atoms with Gasteiger partial charge in [0.1, 0.15) is 0 Å². The number of nitrogens with one attached hydrogen (secondary N) is 1. The topological polar surface area (TPSA) is 102 Å². The zero-order chi connectivity index (χ0) is 16.4. The molecule has 3 aromatic rings. The van der Waals surface area contributed by atoms with E-state index in [1.165, 1.54) is 30.5 Å². The number of benzene rings is 2. The first-order valence-corrected chi connectivity index (χ1v) is 8.07. The van der Waals surface area contributed by atoms with Gasteiger partial charge in [0.15, 0.2) is 4.90 Å². The molecule has 0 aliphatic heterocycles. The fourth-order valence-electron chi connectivity index (χ4n) is 2.22. The summed E-state index contributed by atoms with van der Waals surface area (Å²) >= 11 is 0. The number of aromatic nitrogens is 1. The van der Waals surface area contributed by atoms with Gasteiger partial charge < -0.3 is 0 Å². The highest BCUT2D eigenvalue weighted by molar-refractivity contribution is 7.92. The van der Waals surface area contributed by atoms with Crippen molar-refractivity contribution in [2.45, 2.75) is 4.90 Å². The van der Waals surface area contributed by atoms with E-state index in [9.17, 15) is 18.5 Å². The van der Waals surface area contributed by atoms with E-state index in [1.54, 1.807) is 24.3 Å². The molecule has 0 spiro atoms. The van der Waals surface area contributed by atoms with Gasteiger partial charge in [-0.05, 0) is 18.2 Å². The van der Waals surface area contributed by atoms with E-state index in [1.807, 2.05) is 0 Å². The number of fused-ring (bicyclic) bond motifs is 1. The quantitative estimate of drug-likeness (QED) is 0.564. The van der Waals surface area contributed by atoms with E-state index in [-0.39, 0.29) is 17.3 Å². The minimum absolute atomic E-state index is 0. The number of hydrogen-bond acceptors (Lipinski definition) is 5. The number of para-hydroxylation sites is 2. The van der Waals surface area contributed by atoms with Gasteiger partial charge in [-0.3, -0.25) is 19.8 Å². The van der Waals surface area contributed by atoms with Crippen molar-refractivity contribution in [1.82, 2.24) is 4.98 Å². The van der Waals surface area contributed by atoms with Gasteiger partial charge in [0.25, 0.3) is 15.7 Å². The lowest BCUT2D eigenvalue weighted by Crippen LogP contribution is -2.15. The van der Waals surface area contributed by atoms with E-state index in [4.69, 9.17) is 0 Å². The molecule has 1 aromatic heterocycles. The molecule has 0 aliphatic carbocycles. The van der Waals surface area contributed by atoms with Gasteiger partial charge in [-0.2, -0.15) is 0 Å². The third-order valence-corrected chi connectivity index (χ3v) is 4.66. The van der Waals surface area contributed by atoms with Gasteiger partial charge in [0, 0.05) is 17.6 Å². The van der Waals surface area contributed by atoms with Crippen LogP contribution in [-0.4, -0.2) is 18.3 Å². The van der Waals surface area contributed by atoms with Crippen LogP contribution in [0.5, 0.6) is 0 Å². The number of anilines is 1. The number of halogens is 1. The highest BCUT2D eigenvalue weighted by atomic mass is 35.5. The molecule has 0 bridgehead atoms. The van der Waals surface area contributed by atoms with Crippen LogP contribution < -0.4 is 4.72 Å². The summed E-state index contributed by atoms with van der Waals surface area (Å²) in [6, 6.07) is 13.7. The largest absolute Gasteiger partial charge is 0.289 e. The Morgan fingerprint density at radius 1 is 1.00 bits per heavy atom. The number of hydrogen-bond donors (Lipinski definition) is 1. The summed E-state index contributed by atoms with van der Waals surface area (Å²) in [6.07, 6.45) is 1.47. The molecule has 2 aromatic carbocycles. The molecule has 24 heavy (non-hydrogen) atoms. The molecule has 0 radical (unpaired) electrons. The summed E-state index contributed by atoms with van der Waals surface area (Å²) in [5.41, 5.74) is 0.461. The number of nitro groups is 1. The highest BCUT2D eigenvalue weighted by Gasteiger charge is 2.25. The lowest BCUT2D eigenvalue weighted by Gasteiger charge is -2.10. The van der Waals surface area contributed by atoms with Crippen molar-refractivity contribution >= 4 is 44.7 Å². The molecule has 124 valence electrons. The van der Waals surface area contributed by atoms with E-state index in [0.29, 0.717) is 16.6 Å². The Hall–Kier alpha value is -2.71. The van der Waals surface area contributed by atoms with Crippen LogP contribution in [0.4, 0.5) is 11.4 Å². The third-order valence-electron chi connectivity index (χ3n) is 3.24. The average Bonchev–Trinajstić information content (AvgIpc) is 2.55. The van der Waals surface area contributed by atoms with Crippen molar-refractivity contribution in [2.75, 3.05) is 4.72 Å². The van der Waals surface area contributed by atoms with Gasteiger partial charge in [-0.1, -0.05) is 30.3 Å². The van der Waals surface area contributed by atoms with E-state index in [0.717, 1.165) is 6.07 Å². The van der Waals surface area contributed by atoms with Gasteiger partial charge in [-0.25, -0.2) is 8.42 Å². The molecule has 0 amide bonds. The first-order chi connectivity index (χ1) is 11.0. The molecular formula is C15H12ClN3O4S. The average molecular weight is 366 g/mol. The van der Waals surface area contributed by atoms with Crippen molar-refractivity contribution in [3.63, 3.8) is 0 Å². The summed E-state index contributed by atoms with van der Waals surface area (Å²) in [5.74, 6) is 0. The first-order valence-electron chi connectivity index (χ1n) is 6.59. The molecule has 9 heteroatoms. The molecule has 0 saturated heterocycles. The number of nitro benzene ring substituents is 1. The Labute approximate surface area is 144 Å². The molecule has 3 rings (SSSR count). The van der Waals surface area contributed by atoms with Gasteiger partial charge >= 0.3 is 0 Å². The Balaban J connectivity index is 0.00000208. The number of sulfonamides is 1. The van der Waals surface area contributed by atoms with Crippen LogP contribution in [0, 0.1) is 10.1 Å². The summed E-state index contributed by atoms with van der Waals surface area (Å²) in [5, 5.41) is 11.6. The monoisotopic (exact) mass is 365 g/mol. The molecule has 1 N–H and O–H groups in total. The zero-order valence-corrected chi connectivity index (χ0v) is 13.8. The van der Waals surface area contributed by atoms with E-state index >= 15 is 0 Å². The van der Waals surface area contributed by atoms with Crippen molar-refractivity contribution < 1.29 is 13.3 Å². The lowest BCUT2D eigenvalue weighted by atomic mass is 10.2. The second-order valence-corrected chi connectivity index (χ2v) is 6.36. The molecule has 7 nitrogen and oxygen atoms in total. The summed E-state index contributed by atoms with van der Waals surface area (Å²) in [6.45, 7) is 0. The van der Waals surface area contributed by atoms with Crippen LogP contribution in [0.15, 0.2) is 65.7 Å². The minimum atomic E-state index is -4.10. The second-order valence-electron chi connectivity index (χ2n) is 4.71. The molecule has 0 unspecified atom stereocenters. The normalized spacial score (nSPS) is 10.8. The lowest BCUT2D eigenvalue weighted by molar-refractivity contribution is -0.387. The Morgan fingerprint density at radius 3 is 2.42 bits per heavy atom. The first kappa shape index (κ1) is 17.6. The van der Waals surface area contributed by atoms with Gasteiger partial charge in [0.05, 0.1) is 16.1 Å². The van der Waals surface area contributed by atoms with E-state index < -0.39 is 20.6 Å². The highest BCUT2D eigenvalue weighted by Crippen LogP contribution is 2.28. The SMILES string of the molecule is Cl.O=[N+]([O-])c1ccccc1S(=O)(=O)Nc1ccnc2ccccc12. The minimum Gasteiger partial charge on any atom is -0.279 e. The Kier molecular flexibility index (Phi) is 5.01. The molecular weight excluding hydrogens is 354 g/mol. The summed E-state index contributed by atoms with van der Waals surface area (Å²) < 4.78 is 27.5. The number of rotatable bonds is 4. The standard InChI is InChI=1S/C15H11N3O4S.ClH/c19-18(20)14-7-3-4-8-15(14)23(21,22)17-13-9-10-16-12-6-2-1-5-11(12)13;/h1-10H,(H,16,17);1H. The Bertz CT molecular complexity index is 1000. The predicted molar refractivity (Wildman–Crippen MR) is 92.9 cm³/mol. The number of nitrogens with zero attached hydrogens (tertiary/aromatic N) is 2. The second kappa shape index (κ2) is 6.81. The number of pyridine rings is 1. The summed E-state index contributed by atoms with van der Waals surface area (Å²) in [4.78, 5) is 14.1. The Morgan fingerprint density at radius 2 is 1.67 bits per heavy atom. The van der Waals surface area contributed by atoms with Crippen LogP contribution in [0.3, 0.4) is 0 Å². The maximum atomic E-state index is 12.5. The van der Waals surface area contributed by atoms with Crippen LogP contribution >= 0.6 is 12.4 Å². The molecule has 0 fully saturated rings. The molecule has 1 heterocycles. The van der Waals surface area contributed by atoms with Crippen LogP contribution in [0.25, 0.3) is 10.9 Å². The maximum absolute atomic E-state index is 12.5. The zero-order valence-electron chi connectivity index (χ0n) is 12.1. The molecule has 0 aliphatic rings. The predicted octanol–water partition coefficient (Wildman–Crippen LogP) is 3.37. The van der Waals surface area contributed by atoms with Crippen LogP contribution in [0.2, 0.25) is 0 Å². The van der Waals surface area contributed by atoms with Gasteiger partial charge in [-0.15, -0.1) is 12.4 Å². The maximum Gasteiger partial charge on any atom is 0.289 e. The third kappa shape index (κ3) is 3.29. The molecule has 0 atom stereocenters.